The van der Waals surface area contributed by atoms with Crippen molar-refractivity contribution in [1.82, 2.24) is 14.8 Å². The minimum absolute atomic E-state index is 0.0412. The zero-order chi connectivity index (χ0) is 21.6. The monoisotopic (exact) mass is 437 g/mol. The molecule has 3 aromatic rings. The molecule has 162 valence electrons. The molecule has 1 saturated heterocycles. The van der Waals surface area contributed by atoms with Gasteiger partial charge in [-0.25, -0.2) is 4.98 Å². The summed E-state index contributed by atoms with van der Waals surface area (Å²) in [5, 5.41) is 3.19. The van der Waals surface area contributed by atoms with Crippen LogP contribution in [0.15, 0.2) is 60.0 Å². The van der Waals surface area contributed by atoms with Gasteiger partial charge in [-0.15, -0.1) is 11.3 Å². The summed E-state index contributed by atoms with van der Waals surface area (Å²) in [5.41, 5.74) is 2.08. The number of hydrogen-bond donors (Lipinski definition) is 0. The first-order valence-electron chi connectivity index (χ1n) is 10.4. The van der Waals surface area contributed by atoms with E-state index in [1.807, 2.05) is 66.4 Å². The summed E-state index contributed by atoms with van der Waals surface area (Å²) in [4.78, 5) is 21.8. The number of carbonyl (C=O) groups excluding carboxylic acids is 1. The van der Waals surface area contributed by atoms with Crippen LogP contribution in [0.1, 0.15) is 11.9 Å². The molecule has 1 fully saturated rings. The Morgan fingerprint density at radius 2 is 1.74 bits per heavy atom. The van der Waals surface area contributed by atoms with Gasteiger partial charge in [-0.1, -0.05) is 18.2 Å². The first-order valence-corrected chi connectivity index (χ1v) is 11.3. The van der Waals surface area contributed by atoms with E-state index < -0.39 is 6.10 Å². The molecule has 0 N–H and O–H groups in total. The quantitative estimate of drug-likeness (QED) is 0.561. The van der Waals surface area contributed by atoms with Crippen LogP contribution in [0.4, 0.5) is 0 Å². The van der Waals surface area contributed by atoms with E-state index >= 15 is 0 Å². The second-order valence-electron chi connectivity index (χ2n) is 7.53. The Labute approximate surface area is 187 Å². The average molecular weight is 438 g/mol. The topological polar surface area (TPSA) is 54.9 Å². The van der Waals surface area contributed by atoms with Gasteiger partial charge < -0.3 is 14.4 Å². The van der Waals surface area contributed by atoms with Crippen LogP contribution in [-0.2, 0) is 11.3 Å². The molecule has 2 aromatic carbocycles. The highest BCUT2D eigenvalue weighted by Gasteiger charge is 2.26. The number of thiazole rings is 1. The van der Waals surface area contributed by atoms with Gasteiger partial charge in [-0.05, 0) is 43.3 Å². The molecule has 1 amide bonds. The molecular weight excluding hydrogens is 410 g/mol. The van der Waals surface area contributed by atoms with Gasteiger partial charge >= 0.3 is 0 Å². The minimum atomic E-state index is -0.486. The highest BCUT2D eigenvalue weighted by molar-refractivity contribution is 7.09. The SMILES string of the molecule is COc1ccc(-c2csc(CN3CCN(C(=O)[C@@H](C)Oc4ccccc4)CC3)n2)cc1. The van der Waals surface area contributed by atoms with Crippen molar-refractivity contribution in [2.24, 2.45) is 0 Å². The summed E-state index contributed by atoms with van der Waals surface area (Å²) in [6.07, 6.45) is -0.486. The predicted molar refractivity (Wildman–Crippen MR) is 122 cm³/mol. The maximum atomic E-state index is 12.7. The zero-order valence-electron chi connectivity index (χ0n) is 17.9. The Balaban J connectivity index is 1.27. The van der Waals surface area contributed by atoms with Crippen LogP contribution in [0.25, 0.3) is 11.3 Å². The number of nitrogens with zero attached hydrogens (tertiary/aromatic N) is 3. The number of hydrogen-bond acceptors (Lipinski definition) is 6. The van der Waals surface area contributed by atoms with E-state index in [1.165, 1.54) is 0 Å². The number of ether oxygens (including phenoxy) is 2. The van der Waals surface area contributed by atoms with Crippen LogP contribution in [0.3, 0.4) is 0 Å². The van der Waals surface area contributed by atoms with E-state index in [0.29, 0.717) is 13.1 Å². The van der Waals surface area contributed by atoms with Crippen molar-refractivity contribution in [2.75, 3.05) is 33.3 Å². The van der Waals surface area contributed by atoms with Gasteiger partial charge in [0.15, 0.2) is 6.10 Å². The average Bonchev–Trinajstić information content (AvgIpc) is 3.28. The Morgan fingerprint density at radius 3 is 2.42 bits per heavy atom. The Morgan fingerprint density at radius 1 is 1.03 bits per heavy atom. The van der Waals surface area contributed by atoms with Crippen molar-refractivity contribution in [3.8, 4) is 22.8 Å². The molecular formula is C24H27N3O3S. The first-order chi connectivity index (χ1) is 15.1. The first kappa shape index (κ1) is 21.3. The van der Waals surface area contributed by atoms with E-state index in [0.717, 1.165) is 47.4 Å². The minimum Gasteiger partial charge on any atom is -0.497 e. The number of methoxy groups -OCH3 is 1. The Hall–Kier alpha value is -2.90. The molecule has 0 aliphatic carbocycles. The van der Waals surface area contributed by atoms with Crippen LogP contribution >= 0.6 is 11.3 Å². The summed E-state index contributed by atoms with van der Waals surface area (Å²) < 4.78 is 11.0. The third-order valence-corrected chi connectivity index (χ3v) is 6.22. The molecule has 1 aliphatic heterocycles. The largest absolute Gasteiger partial charge is 0.497 e. The number of piperazine rings is 1. The molecule has 0 bridgehead atoms. The lowest BCUT2D eigenvalue weighted by Gasteiger charge is -2.35. The lowest BCUT2D eigenvalue weighted by atomic mass is 10.2. The van der Waals surface area contributed by atoms with Crippen LogP contribution < -0.4 is 9.47 Å². The third-order valence-electron chi connectivity index (χ3n) is 5.38. The smallest absolute Gasteiger partial charge is 0.263 e. The standard InChI is InChI=1S/C24H27N3O3S/c1-18(30-21-6-4-3-5-7-21)24(28)27-14-12-26(13-15-27)16-23-25-22(17-31-23)19-8-10-20(29-2)11-9-19/h3-11,17-18H,12-16H2,1-2H3/t18-/m1/s1. The second kappa shape index (κ2) is 9.94. The lowest BCUT2D eigenvalue weighted by Crippen LogP contribution is -2.51. The summed E-state index contributed by atoms with van der Waals surface area (Å²) in [6, 6.07) is 17.4. The number of amides is 1. The maximum absolute atomic E-state index is 12.7. The maximum Gasteiger partial charge on any atom is 0.263 e. The molecule has 31 heavy (non-hydrogen) atoms. The van der Waals surface area contributed by atoms with Gasteiger partial charge in [0, 0.05) is 37.1 Å². The van der Waals surface area contributed by atoms with Crippen molar-refractivity contribution in [1.29, 1.82) is 0 Å². The van der Waals surface area contributed by atoms with E-state index in [2.05, 4.69) is 10.3 Å². The molecule has 0 unspecified atom stereocenters. The Bertz CT molecular complexity index is 983. The zero-order valence-corrected chi connectivity index (χ0v) is 18.7. The van der Waals surface area contributed by atoms with Crippen LogP contribution in [0.2, 0.25) is 0 Å². The van der Waals surface area contributed by atoms with Crippen molar-refractivity contribution < 1.29 is 14.3 Å². The molecule has 7 heteroatoms. The van der Waals surface area contributed by atoms with Gasteiger partial charge in [0.2, 0.25) is 0 Å². The molecule has 1 atom stereocenters. The van der Waals surface area contributed by atoms with Crippen LogP contribution in [0.5, 0.6) is 11.5 Å². The number of rotatable bonds is 7. The second-order valence-corrected chi connectivity index (χ2v) is 8.47. The van der Waals surface area contributed by atoms with E-state index in [-0.39, 0.29) is 5.91 Å². The number of benzene rings is 2. The van der Waals surface area contributed by atoms with Crippen molar-refractivity contribution in [3.63, 3.8) is 0 Å². The number of aromatic nitrogens is 1. The van der Waals surface area contributed by atoms with Crippen LogP contribution in [0, 0.1) is 0 Å². The summed E-state index contributed by atoms with van der Waals surface area (Å²) in [7, 11) is 1.67. The van der Waals surface area contributed by atoms with Crippen molar-refractivity contribution >= 4 is 17.2 Å². The Kier molecular flexibility index (Phi) is 6.84. The molecule has 0 radical (unpaired) electrons. The van der Waals surface area contributed by atoms with Gasteiger partial charge in [-0.3, -0.25) is 9.69 Å². The van der Waals surface area contributed by atoms with Gasteiger partial charge in [-0.2, -0.15) is 0 Å². The van der Waals surface area contributed by atoms with Crippen molar-refractivity contribution in [2.45, 2.75) is 19.6 Å². The predicted octanol–water partition coefficient (Wildman–Crippen LogP) is 3.93. The van der Waals surface area contributed by atoms with E-state index in [4.69, 9.17) is 14.5 Å². The molecule has 0 saturated carbocycles. The molecule has 4 rings (SSSR count). The molecule has 2 heterocycles. The third kappa shape index (κ3) is 5.42. The highest BCUT2D eigenvalue weighted by Crippen LogP contribution is 2.25. The molecule has 6 nitrogen and oxygen atoms in total. The lowest BCUT2D eigenvalue weighted by molar-refractivity contribution is -0.139. The van der Waals surface area contributed by atoms with Gasteiger partial charge in [0.1, 0.15) is 16.5 Å². The summed E-state index contributed by atoms with van der Waals surface area (Å²) in [5.74, 6) is 1.60. The fraction of sp³-hybridized carbons (Fsp3) is 0.333. The van der Waals surface area contributed by atoms with Crippen LogP contribution in [-0.4, -0.2) is 60.1 Å². The van der Waals surface area contributed by atoms with Gasteiger partial charge in [0.05, 0.1) is 19.3 Å². The molecule has 1 aliphatic rings. The van der Waals surface area contributed by atoms with E-state index in [1.54, 1.807) is 18.4 Å². The number of para-hydroxylation sites is 1. The number of carbonyl (C=O) groups is 1. The van der Waals surface area contributed by atoms with Crippen molar-refractivity contribution in [3.05, 3.63) is 65.0 Å². The fourth-order valence-corrected chi connectivity index (χ4v) is 4.45. The molecule has 0 spiro atoms. The summed E-state index contributed by atoms with van der Waals surface area (Å²) >= 11 is 1.68. The summed E-state index contributed by atoms with van der Waals surface area (Å²) in [6.45, 7) is 5.70. The fourth-order valence-electron chi connectivity index (χ4n) is 3.61. The van der Waals surface area contributed by atoms with Gasteiger partial charge in [0.25, 0.3) is 5.91 Å². The normalized spacial score (nSPS) is 15.5. The molecule has 1 aromatic heterocycles. The highest BCUT2D eigenvalue weighted by atomic mass is 32.1. The van der Waals surface area contributed by atoms with E-state index in [9.17, 15) is 4.79 Å².